The monoisotopic (exact) mass is 224 g/mol. The summed E-state index contributed by atoms with van der Waals surface area (Å²) in [6.45, 7) is 0. The van der Waals surface area contributed by atoms with Crippen molar-refractivity contribution in [2.75, 3.05) is 0 Å². The summed E-state index contributed by atoms with van der Waals surface area (Å²) in [5, 5.41) is 0. The van der Waals surface area contributed by atoms with Gasteiger partial charge in [-0.05, 0) is 0 Å². The zero-order valence-corrected chi connectivity index (χ0v) is 8.16. The molecule has 0 aliphatic heterocycles. The predicted molar refractivity (Wildman–Crippen MR) is 46.3 cm³/mol. The van der Waals surface area contributed by atoms with E-state index in [1.165, 1.54) is 4.35 Å². The van der Waals surface area contributed by atoms with E-state index in [9.17, 15) is 0 Å². The van der Waals surface area contributed by atoms with Gasteiger partial charge in [0.05, 0.1) is 0 Å². The second kappa shape index (κ2) is 6.48. The molecule has 0 fully saturated rings. The number of halogens is 2. The molecule has 9 heavy (non-hydrogen) atoms. The van der Waals surface area contributed by atoms with Crippen LogP contribution in [0.25, 0.3) is 0 Å². The Hall–Kier alpha value is 0.358. The molecule has 2 radical (unpaired) electrons. The van der Waals surface area contributed by atoms with E-state index in [1.54, 1.807) is 0 Å². The quantitative estimate of drug-likeness (QED) is 0.584. The van der Waals surface area contributed by atoms with Crippen molar-refractivity contribution >= 4 is 46.0 Å². The SMILES string of the molecule is Cl.Cl.[As]c1ccccc1. The Labute approximate surface area is 76.4 Å². The third-order valence-electron chi connectivity index (χ3n) is 0.756. The van der Waals surface area contributed by atoms with Crippen molar-refractivity contribution in [3.8, 4) is 0 Å². The van der Waals surface area contributed by atoms with E-state index in [2.05, 4.69) is 29.0 Å². The van der Waals surface area contributed by atoms with E-state index in [0.717, 1.165) is 0 Å². The van der Waals surface area contributed by atoms with Crippen LogP contribution < -0.4 is 4.35 Å². The van der Waals surface area contributed by atoms with Gasteiger partial charge in [0.1, 0.15) is 0 Å². The van der Waals surface area contributed by atoms with Crippen molar-refractivity contribution in [3.63, 3.8) is 0 Å². The first-order valence-corrected chi connectivity index (χ1v) is 3.07. The van der Waals surface area contributed by atoms with Crippen LogP contribution >= 0.6 is 24.8 Å². The Kier molecular flexibility index (Phi) is 8.69. The van der Waals surface area contributed by atoms with E-state index >= 15 is 0 Å². The predicted octanol–water partition coefficient (Wildman–Crippen LogP) is 1.32. The van der Waals surface area contributed by atoms with Crippen molar-refractivity contribution in [1.82, 2.24) is 0 Å². The third kappa shape index (κ3) is 4.84. The van der Waals surface area contributed by atoms with E-state index in [0.29, 0.717) is 0 Å². The van der Waals surface area contributed by atoms with Crippen LogP contribution in [0.5, 0.6) is 0 Å². The van der Waals surface area contributed by atoms with Crippen molar-refractivity contribution in [3.05, 3.63) is 30.3 Å². The molecule has 0 bridgehead atoms. The number of rotatable bonds is 0. The molecule has 0 aliphatic rings. The zero-order chi connectivity index (χ0) is 5.11. The van der Waals surface area contributed by atoms with E-state index < -0.39 is 0 Å². The fourth-order valence-electron chi connectivity index (χ4n) is 0.428. The van der Waals surface area contributed by atoms with Gasteiger partial charge in [-0.2, -0.15) is 0 Å². The van der Waals surface area contributed by atoms with Crippen LogP contribution in [0, 0.1) is 0 Å². The summed E-state index contributed by atoms with van der Waals surface area (Å²) in [7, 11) is 0. The Bertz CT molecular complexity index is 141. The van der Waals surface area contributed by atoms with Crippen LogP contribution in [0.1, 0.15) is 0 Å². The van der Waals surface area contributed by atoms with E-state index in [4.69, 9.17) is 0 Å². The Morgan fingerprint density at radius 2 is 1.33 bits per heavy atom. The van der Waals surface area contributed by atoms with Crippen LogP contribution in [0.3, 0.4) is 0 Å². The molecule has 0 nitrogen and oxygen atoms in total. The fourth-order valence-corrected chi connectivity index (χ4v) is 0.789. The van der Waals surface area contributed by atoms with Crippen molar-refractivity contribution in [1.29, 1.82) is 0 Å². The van der Waals surface area contributed by atoms with Gasteiger partial charge in [0.2, 0.25) is 0 Å². The normalized spacial score (nSPS) is 6.78. The van der Waals surface area contributed by atoms with Crippen LogP contribution in [0.4, 0.5) is 0 Å². The summed E-state index contributed by atoms with van der Waals surface area (Å²) < 4.78 is 1.26. The summed E-state index contributed by atoms with van der Waals surface area (Å²) >= 11 is 2.49. The molecule has 1 rings (SSSR count). The Morgan fingerprint density at radius 3 is 1.56 bits per heavy atom. The van der Waals surface area contributed by atoms with Gasteiger partial charge in [-0.25, -0.2) is 0 Å². The van der Waals surface area contributed by atoms with Gasteiger partial charge in [0.15, 0.2) is 0 Å². The molecule has 3 heteroatoms. The van der Waals surface area contributed by atoms with Crippen LogP contribution in [0.2, 0.25) is 0 Å². The van der Waals surface area contributed by atoms with Gasteiger partial charge in [0.25, 0.3) is 0 Å². The molecule has 50 valence electrons. The summed E-state index contributed by atoms with van der Waals surface area (Å²) in [6.07, 6.45) is 0. The molecule has 0 saturated heterocycles. The van der Waals surface area contributed by atoms with Gasteiger partial charge in [-0.3, -0.25) is 0 Å². The molecule has 0 N–H and O–H groups in total. The van der Waals surface area contributed by atoms with Gasteiger partial charge >= 0.3 is 51.5 Å². The standard InChI is InChI=1S/C6H5As.2ClH/c7-6-4-2-1-3-5-6;;/h1-5H;2*1H. The van der Waals surface area contributed by atoms with Crippen molar-refractivity contribution in [2.45, 2.75) is 0 Å². The third-order valence-corrected chi connectivity index (χ3v) is 1.38. The topological polar surface area (TPSA) is 0 Å². The Morgan fingerprint density at radius 1 is 0.889 bits per heavy atom. The molecule has 1 aromatic rings. The summed E-state index contributed by atoms with van der Waals surface area (Å²) in [4.78, 5) is 0. The fraction of sp³-hybridized carbons (Fsp3) is 0. The summed E-state index contributed by atoms with van der Waals surface area (Å²) in [6, 6.07) is 10.2. The molecule has 0 saturated carbocycles. The van der Waals surface area contributed by atoms with Crippen LogP contribution in [-0.2, 0) is 0 Å². The first kappa shape index (κ1) is 12.1. The molecule has 0 unspecified atom stereocenters. The Balaban J connectivity index is 0. The maximum absolute atomic E-state index is 2.49. The minimum absolute atomic E-state index is 0. The van der Waals surface area contributed by atoms with Gasteiger partial charge in [-0.1, -0.05) is 0 Å². The zero-order valence-electron chi connectivity index (χ0n) is 4.65. The summed E-state index contributed by atoms with van der Waals surface area (Å²) in [5.74, 6) is 0. The average Bonchev–Trinajstić information content (AvgIpc) is 1.69. The van der Waals surface area contributed by atoms with Gasteiger partial charge in [0, 0.05) is 0 Å². The minimum atomic E-state index is 0. The first-order chi connectivity index (χ1) is 3.39. The molecule has 0 heterocycles. The van der Waals surface area contributed by atoms with Crippen LogP contribution in [0.15, 0.2) is 30.3 Å². The molecule has 0 atom stereocenters. The second-order valence-corrected chi connectivity index (χ2v) is 2.42. The first-order valence-electron chi connectivity index (χ1n) is 2.13. The maximum atomic E-state index is 2.49. The number of hydrogen-bond acceptors (Lipinski definition) is 0. The molecular formula is C6H7AsCl2. The molecule has 0 amide bonds. The van der Waals surface area contributed by atoms with Crippen LogP contribution in [-0.4, -0.2) is 16.9 Å². The molecule has 0 spiro atoms. The molecule has 0 aliphatic carbocycles. The molecule has 1 aromatic carbocycles. The summed E-state index contributed by atoms with van der Waals surface area (Å²) in [5.41, 5.74) is 0. The molecule has 0 aromatic heterocycles. The number of benzene rings is 1. The number of hydrogen-bond donors (Lipinski definition) is 0. The van der Waals surface area contributed by atoms with E-state index in [1.807, 2.05) is 18.2 Å². The van der Waals surface area contributed by atoms with Crippen molar-refractivity contribution in [2.24, 2.45) is 0 Å². The van der Waals surface area contributed by atoms with E-state index in [-0.39, 0.29) is 24.8 Å². The average molecular weight is 225 g/mol. The molecular weight excluding hydrogens is 218 g/mol. The van der Waals surface area contributed by atoms with Gasteiger partial charge in [-0.15, -0.1) is 24.8 Å². The van der Waals surface area contributed by atoms with Gasteiger partial charge < -0.3 is 0 Å². The van der Waals surface area contributed by atoms with Crippen molar-refractivity contribution < 1.29 is 0 Å². The second-order valence-electron chi connectivity index (χ2n) is 1.34.